The average Bonchev–Trinajstić information content (AvgIpc) is 3.09. The third-order valence-corrected chi connectivity index (χ3v) is 3.73. The molecule has 2 aromatic rings. The summed E-state index contributed by atoms with van der Waals surface area (Å²) >= 11 is 0. The molecule has 0 saturated carbocycles. The lowest BCUT2D eigenvalue weighted by atomic mass is 10.1. The van der Waals surface area contributed by atoms with E-state index in [1.54, 1.807) is 25.1 Å². The third-order valence-electron chi connectivity index (χ3n) is 3.73. The molecule has 1 atom stereocenters. The van der Waals surface area contributed by atoms with E-state index in [9.17, 15) is 22.8 Å². The van der Waals surface area contributed by atoms with E-state index in [0.29, 0.717) is 23.1 Å². The van der Waals surface area contributed by atoms with Gasteiger partial charge in [0, 0.05) is 0 Å². The number of fused-ring (bicyclic) bond motifs is 1. The number of nitrogens with one attached hydrogen (secondary N) is 2. The molecule has 1 aliphatic heterocycles. The normalized spacial score (nSPS) is 13.2. The molecule has 2 aromatic carbocycles. The molecule has 26 heavy (non-hydrogen) atoms. The summed E-state index contributed by atoms with van der Waals surface area (Å²) in [4.78, 5) is 23.8. The van der Waals surface area contributed by atoms with Crippen molar-refractivity contribution >= 4 is 17.5 Å². The molecule has 0 fully saturated rings. The van der Waals surface area contributed by atoms with Crippen LogP contribution >= 0.6 is 0 Å². The van der Waals surface area contributed by atoms with Crippen molar-refractivity contribution in [1.29, 1.82) is 0 Å². The number of benzene rings is 2. The van der Waals surface area contributed by atoms with Crippen molar-refractivity contribution < 1.29 is 32.2 Å². The summed E-state index contributed by atoms with van der Waals surface area (Å²) < 4.78 is 50.0. The number of rotatable bonds is 3. The lowest BCUT2D eigenvalue weighted by molar-refractivity contribution is -0.136. The number of ether oxygens (including phenoxy) is 2. The highest BCUT2D eigenvalue weighted by atomic mass is 19.2. The molecule has 9 heteroatoms. The summed E-state index contributed by atoms with van der Waals surface area (Å²) in [6.07, 6.45) is 0. The van der Waals surface area contributed by atoms with Crippen LogP contribution in [-0.2, 0) is 9.59 Å². The van der Waals surface area contributed by atoms with Crippen LogP contribution in [0.2, 0.25) is 0 Å². The highest BCUT2D eigenvalue weighted by Crippen LogP contribution is 2.34. The molecule has 6 nitrogen and oxygen atoms in total. The lowest BCUT2D eigenvalue weighted by Crippen LogP contribution is -2.37. The summed E-state index contributed by atoms with van der Waals surface area (Å²) in [6.45, 7) is 1.72. The first-order valence-electron chi connectivity index (χ1n) is 7.51. The van der Waals surface area contributed by atoms with Crippen molar-refractivity contribution in [2.24, 2.45) is 0 Å². The topological polar surface area (TPSA) is 76.7 Å². The van der Waals surface area contributed by atoms with E-state index < -0.39 is 41.0 Å². The van der Waals surface area contributed by atoms with Crippen LogP contribution in [0.1, 0.15) is 18.5 Å². The van der Waals surface area contributed by atoms with E-state index in [0.717, 1.165) is 6.07 Å². The standard InChI is InChI=1S/C17H13F3N2O4/c1-8(9-2-5-12-13(6-9)26-7-25-12)21-16(23)17(24)22-11-4-3-10(18)14(19)15(11)20/h2-6,8H,7H2,1H3,(H,21,23)(H,22,24). The third kappa shape index (κ3) is 3.41. The van der Waals surface area contributed by atoms with Gasteiger partial charge in [-0.25, -0.2) is 13.2 Å². The van der Waals surface area contributed by atoms with Crippen molar-refractivity contribution in [3.05, 3.63) is 53.3 Å². The molecule has 1 unspecified atom stereocenters. The monoisotopic (exact) mass is 366 g/mol. The minimum atomic E-state index is -1.74. The minimum absolute atomic E-state index is 0.0989. The molecule has 2 N–H and O–H groups in total. The van der Waals surface area contributed by atoms with E-state index in [1.165, 1.54) is 0 Å². The molecule has 3 rings (SSSR count). The Kier molecular flexibility index (Phi) is 4.70. The number of halogens is 3. The Balaban J connectivity index is 1.66. The van der Waals surface area contributed by atoms with Gasteiger partial charge in [0.25, 0.3) is 0 Å². The van der Waals surface area contributed by atoms with E-state index in [4.69, 9.17) is 9.47 Å². The van der Waals surface area contributed by atoms with Crippen LogP contribution in [0.4, 0.5) is 18.9 Å². The zero-order valence-corrected chi connectivity index (χ0v) is 13.4. The number of carbonyl (C=O) groups is 2. The van der Waals surface area contributed by atoms with E-state index in [1.807, 2.05) is 5.32 Å². The van der Waals surface area contributed by atoms with Gasteiger partial charge in [0.1, 0.15) is 0 Å². The van der Waals surface area contributed by atoms with Gasteiger partial charge in [0.05, 0.1) is 11.7 Å². The fourth-order valence-electron chi connectivity index (χ4n) is 2.33. The molecule has 1 aliphatic rings. The van der Waals surface area contributed by atoms with Gasteiger partial charge in [-0.15, -0.1) is 0 Å². The molecule has 1 heterocycles. The molecule has 0 saturated heterocycles. The van der Waals surface area contributed by atoms with Crippen LogP contribution in [0.25, 0.3) is 0 Å². The summed E-state index contributed by atoms with van der Waals surface area (Å²) in [5, 5.41) is 4.31. The lowest BCUT2D eigenvalue weighted by Gasteiger charge is -2.15. The Morgan fingerprint density at radius 3 is 2.50 bits per heavy atom. The van der Waals surface area contributed by atoms with Gasteiger partial charge in [-0.05, 0) is 36.8 Å². The average molecular weight is 366 g/mol. The Labute approximate surface area is 145 Å². The second-order valence-electron chi connectivity index (χ2n) is 5.48. The predicted octanol–water partition coefficient (Wildman–Crippen LogP) is 2.65. The van der Waals surface area contributed by atoms with Crippen molar-refractivity contribution in [1.82, 2.24) is 5.32 Å². The summed E-state index contributed by atoms with van der Waals surface area (Å²) in [5.41, 5.74) is 0.00851. The summed E-state index contributed by atoms with van der Waals surface area (Å²) in [5.74, 6) is -5.94. The van der Waals surface area contributed by atoms with Crippen LogP contribution in [0.3, 0.4) is 0 Å². The van der Waals surface area contributed by atoms with Crippen LogP contribution in [0, 0.1) is 17.5 Å². The zero-order chi connectivity index (χ0) is 18.8. The molecular weight excluding hydrogens is 353 g/mol. The fourth-order valence-corrected chi connectivity index (χ4v) is 2.33. The van der Waals surface area contributed by atoms with Gasteiger partial charge >= 0.3 is 11.8 Å². The highest BCUT2D eigenvalue weighted by Gasteiger charge is 2.22. The van der Waals surface area contributed by atoms with Gasteiger partial charge in [-0.1, -0.05) is 6.07 Å². The second-order valence-corrected chi connectivity index (χ2v) is 5.48. The molecule has 0 aliphatic carbocycles. The Morgan fingerprint density at radius 2 is 1.73 bits per heavy atom. The Morgan fingerprint density at radius 1 is 1.00 bits per heavy atom. The van der Waals surface area contributed by atoms with E-state index in [2.05, 4.69) is 5.32 Å². The Hall–Kier alpha value is -3.23. The molecule has 0 aromatic heterocycles. The maximum Gasteiger partial charge on any atom is 0.313 e. The molecule has 2 amide bonds. The number of carbonyl (C=O) groups excluding carboxylic acids is 2. The van der Waals surface area contributed by atoms with Gasteiger partial charge in [0.15, 0.2) is 29.0 Å². The quantitative estimate of drug-likeness (QED) is 0.647. The van der Waals surface area contributed by atoms with Gasteiger partial charge in [-0.3, -0.25) is 9.59 Å². The predicted molar refractivity (Wildman–Crippen MR) is 84.1 cm³/mol. The van der Waals surface area contributed by atoms with Crippen molar-refractivity contribution in [2.45, 2.75) is 13.0 Å². The minimum Gasteiger partial charge on any atom is -0.454 e. The summed E-state index contributed by atoms with van der Waals surface area (Å²) in [6, 6.07) is 5.89. The largest absolute Gasteiger partial charge is 0.454 e. The Bertz CT molecular complexity index is 889. The zero-order valence-electron chi connectivity index (χ0n) is 13.4. The number of hydrogen-bond donors (Lipinski definition) is 2. The number of hydrogen-bond acceptors (Lipinski definition) is 4. The first kappa shape index (κ1) is 17.6. The second kappa shape index (κ2) is 6.95. The first-order valence-corrected chi connectivity index (χ1v) is 7.51. The summed E-state index contributed by atoms with van der Waals surface area (Å²) in [7, 11) is 0. The molecule has 0 spiro atoms. The van der Waals surface area contributed by atoms with Gasteiger partial charge in [-0.2, -0.15) is 0 Å². The number of anilines is 1. The first-order chi connectivity index (χ1) is 12.4. The van der Waals surface area contributed by atoms with E-state index in [-0.39, 0.29) is 6.79 Å². The molecule has 0 bridgehead atoms. The van der Waals surface area contributed by atoms with Gasteiger partial charge in [0.2, 0.25) is 6.79 Å². The molecule has 0 radical (unpaired) electrons. The molecular formula is C17H13F3N2O4. The number of amides is 2. The van der Waals surface area contributed by atoms with Crippen molar-refractivity contribution in [3.8, 4) is 11.5 Å². The smallest absolute Gasteiger partial charge is 0.313 e. The van der Waals surface area contributed by atoms with Crippen LogP contribution in [0.15, 0.2) is 30.3 Å². The fraction of sp³-hybridized carbons (Fsp3) is 0.176. The highest BCUT2D eigenvalue weighted by molar-refractivity contribution is 6.39. The van der Waals surface area contributed by atoms with Gasteiger partial charge < -0.3 is 20.1 Å². The van der Waals surface area contributed by atoms with Crippen molar-refractivity contribution in [2.75, 3.05) is 12.1 Å². The maximum atomic E-state index is 13.6. The van der Waals surface area contributed by atoms with E-state index >= 15 is 0 Å². The van der Waals surface area contributed by atoms with Crippen LogP contribution < -0.4 is 20.1 Å². The van der Waals surface area contributed by atoms with Crippen LogP contribution in [0.5, 0.6) is 11.5 Å². The maximum absolute atomic E-state index is 13.6. The van der Waals surface area contributed by atoms with Crippen molar-refractivity contribution in [3.63, 3.8) is 0 Å². The molecule has 136 valence electrons. The SMILES string of the molecule is CC(NC(=O)C(=O)Nc1ccc(F)c(F)c1F)c1ccc2c(c1)OCO2. The van der Waals surface area contributed by atoms with Crippen LogP contribution in [-0.4, -0.2) is 18.6 Å².